The van der Waals surface area contributed by atoms with Crippen molar-refractivity contribution in [2.75, 3.05) is 26.2 Å². The lowest BCUT2D eigenvalue weighted by Gasteiger charge is -2.29. The van der Waals surface area contributed by atoms with Crippen molar-refractivity contribution in [3.63, 3.8) is 0 Å². The Morgan fingerprint density at radius 1 is 1.12 bits per heavy atom. The number of halogens is 2. The molecule has 6 nitrogen and oxygen atoms in total. The molecule has 0 saturated carbocycles. The molecule has 0 aromatic heterocycles. The molecular weight excluding hydrogens is 365 g/mol. The van der Waals surface area contributed by atoms with E-state index in [1.165, 1.54) is 6.07 Å². The Balaban J connectivity index is 1.75. The summed E-state index contributed by atoms with van der Waals surface area (Å²) in [5, 5.41) is 3.45. The van der Waals surface area contributed by atoms with E-state index in [2.05, 4.69) is 5.32 Å². The van der Waals surface area contributed by atoms with Gasteiger partial charge in [0.05, 0.1) is 10.0 Å². The van der Waals surface area contributed by atoms with Crippen molar-refractivity contribution in [2.45, 2.75) is 25.3 Å². The zero-order valence-corrected chi connectivity index (χ0v) is 15.1. The van der Waals surface area contributed by atoms with Gasteiger partial charge in [-0.15, -0.1) is 0 Å². The summed E-state index contributed by atoms with van der Waals surface area (Å²) in [6.45, 7) is 1.82. The number of likely N-dealkylation sites (tertiary alicyclic amines) is 1. The van der Waals surface area contributed by atoms with Gasteiger partial charge >= 0.3 is 0 Å². The fraction of sp³-hybridized carbons (Fsp3) is 0.471. The molecule has 2 fully saturated rings. The van der Waals surface area contributed by atoms with Gasteiger partial charge in [0.2, 0.25) is 11.8 Å². The van der Waals surface area contributed by atoms with Gasteiger partial charge < -0.3 is 15.1 Å². The van der Waals surface area contributed by atoms with Gasteiger partial charge in [0.1, 0.15) is 6.04 Å². The fourth-order valence-corrected chi connectivity index (χ4v) is 3.56. The Hall–Kier alpha value is -1.79. The zero-order chi connectivity index (χ0) is 18.0. The maximum absolute atomic E-state index is 12.9. The van der Waals surface area contributed by atoms with E-state index in [0.717, 1.165) is 6.42 Å². The second-order valence-corrected chi connectivity index (χ2v) is 7.03. The molecule has 3 rings (SSSR count). The number of carbonyl (C=O) groups excluding carboxylic acids is 3. The lowest BCUT2D eigenvalue weighted by atomic mass is 10.1. The molecule has 8 heteroatoms. The number of carbonyl (C=O) groups is 3. The third-order valence-corrected chi connectivity index (χ3v) is 5.33. The molecule has 2 saturated heterocycles. The molecule has 1 atom stereocenters. The van der Waals surface area contributed by atoms with Crippen LogP contribution in [0, 0.1) is 0 Å². The summed E-state index contributed by atoms with van der Waals surface area (Å²) < 4.78 is 0. The van der Waals surface area contributed by atoms with Crippen LogP contribution in [0.15, 0.2) is 18.2 Å². The van der Waals surface area contributed by atoms with Crippen LogP contribution in [-0.4, -0.2) is 59.7 Å². The second kappa shape index (κ2) is 7.62. The quantitative estimate of drug-likeness (QED) is 0.848. The van der Waals surface area contributed by atoms with E-state index in [4.69, 9.17) is 23.2 Å². The van der Waals surface area contributed by atoms with E-state index >= 15 is 0 Å². The molecule has 0 aliphatic carbocycles. The third kappa shape index (κ3) is 3.90. The molecular formula is C17H19Cl2N3O3. The molecule has 3 amide bonds. The first-order valence-electron chi connectivity index (χ1n) is 8.29. The van der Waals surface area contributed by atoms with Crippen molar-refractivity contribution in [2.24, 2.45) is 0 Å². The molecule has 1 N–H and O–H groups in total. The molecule has 1 aromatic rings. The Morgan fingerprint density at radius 3 is 2.68 bits per heavy atom. The van der Waals surface area contributed by atoms with Crippen LogP contribution in [-0.2, 0) is 9.59 Å². The van der Waals surface area contributed by atoms with Crippen molar-refractivity contribution in [1.82, 2.24) is 15.1 Å². The molecule has 1 unspecified atom stereocenters. The first-order chi connectivity index (χ1) is 12.0. The van der Waals surface area contributed by atoms with Gasteiger partial charge in [-0.25, -0.2) is 0 Å². The molecule has 0 radical (unpaired) electrons. The number of nitrogens with zero attached hydrogens (tertiary/aromatic N) is 2. The van der Waals surface area contributed by atoms with E-state index < -0.39 is 6.04 Å². The SMILES string of the molecule is O=C1CCN(C(=O)C2CCCN2C(=O)c2ccc(Cl)c(Cl)c2)CCN1. The topological polar surface area (TPSA) is 69.7 Å². The van der Waals surface area contributed by atoms with Crippen molar-refractivity contribution in [3.8, 4) is 0 Å². The highest BCUT2D eigenvalue weighted by Gasteiger charge is 2.37. The second-order valence-electron chi connectivity index (χ2n) is 6.21. The normalized spacial score (nSPS) is 21.0. The van der Waals surface area contributed by atoms with Crippen LogP contribution < -0.4 is 5.32 Å². The van der Waals surface area contributed by atoms with Crippen molar-refractivity contribution >= 4 is 40.9 Å². The van der Waals surface area contributed by atoms with E-state index in [1.807, 2.05) is 0 Å². The standard InChI is InChI=1S/C17H19Cl2N3O3/c18-12-4-3-11(10-13(12)19)16(24)22-7-1-2-14(22)17(25)21-8-5-15(23)20-6-9-21/h3-4,10,14H,1-2,5-9H2,(H,20,23). The molecule has 2 aliphatic rings. The summed E-state index contributed by atoms with van der Waals surface area (Å²) in [7, 11) is 0. The lowest BCUT2D eigenvalue weighted by molar-refractivity contribution is -0.135. The minimum Gasteiger partial charge on any atom is -0.354 e. The maximum Gasteiger partial charge on any atom is 0.254 e. The van der Waals surface area contributed by atoms with Gasteiger partial charge in [0.25, 0.3) is 5.91 Å². The van der Waals surface area contributed by atoms with Crippen molar-refractivity contribution in [1.29, 1.82) is 0 Å². The largest absolute Gasteiger partial charge is 0.354 e. The molecule has 2 aliphatic heterocycles. The molecule has 0 spiro atoms. The molecule has 2 heterocycles. The highest BCUT2D eigenvalue weighted by Crippen LogP contribution is 2.26. The van der Waals surface area contributed by atoms with Crippen molar-refractivity contribution in [3.05, 3.63) is 33.8 Å². The Labute approximate surface area is 156 Å². The lowest BCUT2D eigenvalue weighted by Crippen LogP contribution is -2.48. The minimum absolute atomic E-state index is 0.0505. The molecule has 1 aromatic carbocycles. The van der Waals surface area contributed by atoms with Gasteiger partial charge in [0, 0.05) is 38.2 Å². The van der Waals surface area contributed by atoms with E-state index in [0.29, 0.717) is 54.6 Å². The van der Waals surface area contributed by atoms with Crippen LogP contribution in [0.1, 0.15) is 29.6 Å². The van der Waals surface area contributed by atoms with Crippen LogP contribution in [0.2, 0.25) is 10.0 Å². The number of nitrogens with one attached hydrogen (secondary N) is 1. The average Bonchev–Trinajstić information content (AvgIpc) is 2.98. The fourth-order valence-electron chi connectivity index (χ4n) is 3.26. The zero-order valence-electron chi connectivity index (χ0n) is 13.6. The van der Waals surface area contributed by atoms with Crippen LogP contribution in [0.25, 0.3) is 0 Å². The Bertz CT molecular complexity index is 710. The summed E-state index contributed by atoms with van der Waals surface area (Å²) in [6, 6.07) is 4.23. The summed E-state index contributed by atoms with van der Waals surface area (Å²) in [6.07, 6.45) is 1.69. The summed E-state index contributed by atoms with van der Waals surface area (Å²) >= 11 is 11.9. The Morgan fingerprint density at radius 2 is 1.92 bits per heavy atom. The van der Waals surface area contributed by atoms with Gasteiger partial charge in [0.15, 0.2) is 0 Å². The van der Waals surface area contributed by atoms with E-state index in [-0.39, 0.29) is 17.7 Å². The first-order valence-corrected chi connectivity index (χ1v) is 9.04. The highest BCUT2D eigenvalue weighted by molar-refractivity contribution is 6.42. The third-order valence-electron chi connectivity index (χ3n) is 4.59. The van der Waals surface area contributed by atoms with Crippen LogP contribution in [0.3, 0.4) is 0 Å². The average molecular weight is 384 g/mol. The van der Waals surface area contributed by atoms with E-state index in [1.54, 1.807) is 21.9 Å². The van der Waals surface area contributed by atoms with Crippen LogP contribution >= 0.6 is 23.2 Å². The van der Waals surface area contributed by atoms with Crippen LogP contribution in [0.4, 0.5) is 0 Å². The van der Waals surface area contributed by atoms with Gasteiger partial charge in [-0.3, -0.25) is 14.4 Å². The smallest absolute Gasteiger partial charge is 0.254 e. The predicted octanol–water partition coefficient (Wildman–Crippen LogP) is 1.95. The minimum atomic E-state index is -0.491. The molecule has 25 heavy (non-hydrogen) atoms. The number of rotatable bonds is 2. The predicted molar refractivity (Wildman–Crippen MR) is 94.7 cm³/mol. The number of amides is 3. The monoisotopic (exact) mass is 383 g/mol. The number of hydrogen-bond acceptors (Lipinski definition) is 3. The first kappa shape index (κ1) is 18.0. The highest BCUT2D eigenvalue weighted by atomic mass is 35.5. The summed E-state index contributed by atoms with van der Waals surface area (Å²) in [5.74, 6) is -0.369. The number of hydrogen-bond donors (Lipinski definition) is 1. The number of benzene rings is 1. The maximum atomic E-state index is 12.9. The van der Waals surface area contributed by atoms with E-state index in [9.17, 15) is 14.4 Å². The van der Waals surface area contributed by atoms with Gasteiger partial charge in [-0.2, -0.15) is 0 Å². The summed E-state index contributed by atoms with van der Waals surface area (Å²) in [4.78, 5) is 40.4. The Kier molecular flexibility index (Phi) is 5.49. The van der Waals surface area contributed by atoms with Gasteiger partial charge in [-0.1, -0.05) is 23.2 Å². The molecule has 0 bridgehead atoms. The molecule has 134 valence electrons. The van der Waals surface area contributed by atoms with Crippen molar-refractivity contribution < 1.29 is 14.4 Å². The van der Waals surface area contributed by atoms with Gasteiger partial charge in [-0.05, 0) is 31.0 Å². The van der Waals surface area contributed by atoms with Crippen LogP contribution in [0.5, 0.6) is 0 Å². The summed E-state index contributed by atoms with van der Waals surface area (Å²) in [5.41, 5.74) is 0.418.